The number of benzene rings is 2. The zero-order chi connectivity index (χ0) is 19.2. The Morgan fingerprint density at radius 3 is 2.38 bits per heavy atom. The van der Waals surface area contributed by atoms with E-state index in [9.17, 15) is 13.2 Å². The van der Waals surface area contributed by atoms with Gasteiger partial charge in [-0.2, -0.15) is 0 Å². The largest absolute Gasteiger partial charge is 0.493 e. The third-order valence-electron chi connectivity index (χ3n) is 3.64. The van der Waals surface area contributed by atoms with E-state index < -0.39 is 10.0 Å². The zero-order valence-electron chi connectivity index (χ0n) is 14.7. The summed E-state index contributed by atoms with van der Waals surface area (Å²) in [5, 5.41) is 7.76. The quantitative estimate of drug-likeness (QED) is 0.733. The summed E-state index contributed by atoms with van der Waals surface area (Å²) in [6, 6.07) is 11.3. The average molecular weight is 378 g/mol. The third kappa shape index (κ3) is 5.47. The molecule has 8 heteroatoms. The average Bonchev–Trinajstić information content (AvgIpc) is 2.60. The minimum Gasteiger partial charge on any atom is -0.493 e. The summed E-state index contributed by atoms with van der Waals surface area (Å²) in [6.45, 7) is 2.44. The number of carbonyl (C=O) groups excluding carboxylic acids is 1. The Kier molecular flexibility index (Phi) is 6.59. The number of sulfonamides is 1. The van der Waals surface area contributed by atoms with Crippen molar-refractivity contribution >= 4 is 21.6 Å². The summed E-state index contributed by atoms with van der Waals surface area (Å²) in [5.74, 6) is 1.11. The maximum Gasteiger partial charge on any atom is 0.238 e. The van der Waals surface area contributed by atoms with Crippen LogP contribution in [0.4, 0.5) is 5.69 Å². The Morgan fingerprint density at radius 2 is 1.81 bits per heavy atom. The highest BCUT2D eigenvalue weighted by molar-refractivity contribution is 7.89. The number of carbonyl (C=O) groups is 1. The number of hydrogen-bond acceptors (Lipinski definition) is 5. The van der Waals surface area contributed by atoms with Gasteiger partial charge in [0.05, 0.1) is 18.6 Å². The van der Waals surface area contributed by atoms with Crippen LogP contribution >= 0.6 is 0 Å². The number of hydrogen-bond donors (Lipinski definition) is 2. The van der Waals surface area contributed by atoms with E-state index in [1.54, 1.807) is 7.11 Å². The molecule has 140 valence electrons. The van der Waals surface area contributed by atoms with Crippen molar-refractivity contribution in [3.63, 3.8) is 0 Å². The van der Waals surface area contributed by atoms with Crippen molar-refractivity contribution in [3.8, 4) is 11.5 Å². The first-order valence-corrected chi connectivity index (χ1v) is 9.60. The molecule has 0 spiro atoms. The van der Waals surface area contributed by atoms with Crippen molar-refractivity contribution in [1.29, 1.82) is 0 Å². The fraction of sp³-hybridized carbons (Fsp3) is 0.278. The molecule has 0 aromatic heterocycles. The Bertz CT molecular complexity index is 864. The van der Waals surface area contributed by atoms with E-state index in [1.807, 2.05) is 25.1 Å². The van der Waals surface area contributed by atoms with E-state index in [0.717, 1.165) is 5.56 Å². The summed E-state index contributed by atoms with van der Waals surface area (Å²) < 4.78 is 33.2. The van der Waals surface area contributed by atoms with E-state index in [-0.39, 0.29) is 17.2 Å². The molecule has 2 aromatic carbocycles. The van der Waals surface area contributed by atoms with E-state index in [1.165, 1.54) is 24.3 Å². The molecule has 0 bridgehead atoms. The molecular formula is C18H22N2O5S. The van der Waals surface area contributed by atoms with Crippen LogP contribution in [-0.4, -0.2) is 28.0 Å². The maximum atomic E-state index is 12.1. The number of primary sulfonamides is 1. The van der Waals surface area contributed by atoms with Crippen molar-refractivity contribution < 1.29 is 22.7 Å². The fourth-order valence-electron chi connectivity index (χ4n) is 2.35. The number of methoxy groups -OCH3 is 1. The van der Waals surface area contributed by atoms with Gasteiger partial charge >= 0.3 is 0 Å². The SMILES string of the molecule is CCOc1ccc(CCC(=O)Nc2ccc(S(N)(=O)=O)cc2)cc1OC. The zero-order valence-corrected chi connectivity index (χ0v) is 15.5. The predicted octanol–water partition coefficient (Wildman–Crippen LogP) is 2.31. The molecule has 0 fully saturated rings. The molecule has 0 atom stereocenters. The van der Waals surface area contributed by atoms with Crippen molar-refractivity contribution in [2.24, 2.45) is 5.14 Å². The first kappa shape index (κ1) is 19.7. The predicted molar refractivity (Wildman–Crippen MR) is 98.9 cm³/mol. The first-order chi connectivity index (χ1) is 12.3. The number of nitrogens with two attached hydrogens (primary N) is 1. The van der Waals surface area contributed by atoms with Crippen molar-refractivity contribution in [2.45, 2.75) is 24.7 Å². The Balaban J connectivity index is 1.94. The van der Waals surface area contributed by atoms with Gasteiger partial charge in [-0.05, 0) is 55.3 Å². The summed E-state index contributed by atoms with van der Waals surface area (Å²) in [6.07, 6.45) is 0.804. The Hall–Kier alpha value is -2.58. The number of nitrogens with one attached hydrogen (secondary N) is 1. The van der Waals surface area contributed by atoms with Crippen LogP contribution in [0.2, 0.25) is 0 Å². The standard InChI is InChI=1S/C18H22N2O5S/c1-3-25-16-10-4-13(12-17(16)24-2)5-11-18(21)20-14-6-8-15(9-7-14)26(19,22)23/h4,6-10,12H,3,5,11H2,1-2H3,(H,20,21)(H2,19,22,23). The number of aryl methyl sites for hydroxylation is 1. The van der Waals surface area contributed by atoms with Gasteiger partial charge in [0.25, 0.3) is 0 Å². The molecule has 2 aromatic rings. The topological polar surface area (TPSA) is 108 Å². The molecule has 0 unspecified atom stereocenters. The molecule has 26 heavy (non-hydrogen) atoms. The first-order valence-electron chi connectivity index (χ1n) is 8.06. The number of ether oxygens (including phenoxy) is 2. The molecule has 0 radical (unpaired) electrons. The second-order valence-electron chi connectivity index (χ2n) is 5.54. The van der Waals surface area contributed by atoms with Crippen molar-refractivity contribution in [2.75, 3.05) is 19.0 Å². The van der Waals surface area contributed by atoms with Crippen molar-refractivity contribution in [1.82, 2.24) is 0 Å². The van der Waals surface area contributed by atoms with Gasteiger partial charge in [-0.25, -0.2) is 13.6 Å². The molecule has 0 aliphatic carbocycles. The molecule has 0 aliphatic rings. The van der Waals surface area contributed by atoms with Crippen LogP contribution in [0.25, 0.3) is 0 Å². The monoisotopic (exact) mass is 378 g/mol. The Morgan fingerprint density at radius 1 is 1.12 bits per heavy atom. The smallest absolute Gasteiger partial charge is 0.238 e. The van der Waals surface area contributed by atoms with Crippen LogP contribution in [0.3, 0.4) is 0 Å². The number of anilines is 1. The number of rotatable bonds is 8. The van der Waals surface area contributed by atoms with E-state index in [0.29, 0.717) is 30.2 Å². The van der Waals surface area contributed by atoms with Gasteiger partial charge in [0.15, 0.2) is 11.5 Å². The van der Waals surface area contributed by atoms with Gasteiger partial charge in [-0.3, -0.25) is 4.79 Å². The molecule has 0 saturated carbocycles. The lowest BCUT2D eigenvalue weighted by Gasteiger charge is -2.11. The molecule has 0 saturated heterocycles. The van der Waals surface area contributed by atoms with Gasteiger partial charge in [-0.1, -0.05) is 6.07 Å². The van der Waals surface area contributed by atoms with Gasteiger partial charge in [0.1, 0.15) is 0 Å². The highest BCUT2D eigenvalue weighted by Gasteiger charge is 2.10. The summed E-state index contributed by atoms with van der Waals surface area (Å²) in [4.78, 5) is 12.1. The Labute approximate surface area is 153 Å². The molecule has 0 aliphatic heterocycles. The van der Waals surface area contributed by atoms with Crippen LogP contribution in [0.15, 0.2) is 47.4 Å². The second kappa shape index (κ2) is 8.68. The molecular weight excluding hydrogens is 356 g/mol. The van der Waals surface area contributed by atoms with Crippen LogP contribution in [-0.2, 0) is 21.2 Å². The number of amides is 1. The van der Waals surface area contributed by atoms with E-state index in [4.69, 9.17) is 14.6 Å². The normalized spacial score (nSPS) is 11.0. The maximum absolute atomic E-state index is 12.1. The highest BCUT2D eigenvalue weighted by atomic mass is 32.2. The lowest BCUT2D eigenvalue weighted by Crippen LogP contribution is -2.14. The van der Waals surface area contributed by atoms with Gasteiger partial charge in [0, 0.05) is 12.1 Å². The molecule has 7 nitrogen and oxygen atoms in total. The molecule has 0 heterocycles. The minimum atomic E-state index is -3.74. The van der Waals surface area contributed by atoms with Crippen LogP contribution < -0.4 is 19.9 Å². The van der Waals surface area contributed by atoms with Gasteiger partial charge in [-0.15, -0.1) is 0 Å². The highest BCUT2D eigenvalue weighted by Crippen LogP contribution is 2.28. The molecule has 1 amide bonds. The second-order valence-corrected chi connectivity index (χ2v) is 7.10. The summed E-state index contributed by atoms with van der Waals surface area (Å²) in [5.41, 5.74) is 1.46. The summed E-state index contributed by atoms with van der Waals surface area (Å²) >= 11 is 0. The van der Waals surface area contributed by atoms with Crippen LogP contribution in [0.1, 0.15) is 18.9 Å². The molecule has 2 rings (SSSR count). The fourth-order valence-corrected chi connectivity index (χ4v) is 2.87. The third-order valence-corrected chi connectivity index (χ3v) is 4.56. The van der Waals surface area contributed by atoms with Gasteiger partial charge < -0.3 is 14.8 Å². The van der Waals surface area contributed by atoms with E-state index in [2.05, 4.69) is 5.32 Å². The molecule has 3 N–H and O–H groups in total. The lowest BCUT2D eigenvalue weighted by atomic mass is 10.1. The van der Waals surface area contributed by atoms with Crippen molar-refractivity contribution in [3.05, 3.63) is 48.0 Å². The lowest BCUT2D eigenvalue weighted by molar-refractivity contribution is -0.116. The van der Waals surface area contributed by atoms with Gasteiger partial charge in [0.2, 0.25) is 15.9 Å². The van der Waals surface area contributed by atoms with Crippen LogP contribution in [0.5, 0.6) is 11.5 Å². The van der Waals surface area contributed by atoms with E-state index >= 15 is 0 Å². The summed E-state index contributed by atoms with van der Waals surface area (Å²) in [7, 11) is -2.17. The minimum absolute atomic E-state index is 0.00279. The van der Waals surface area contributed by atoms with Crippen LogP contribution in [0, 0.1) is 0 Å².